The molecule has 0 radical (unpaired) electrons. The SMILES string of the molecule is COc1ccc(OC(=O)N(CC(=O)O)Cc2ccc(OCC(C)(C)c3nc(-c4ccccc4)oc3C)cc2)cc1. The van der Waals surface area contributed by atoms with Crippen LogP contribution in [0.2, 0.25) is 0 Å². The van der Waals surface area contributed by atoms with Gasteiger partial charge in [-0.25, -0.2) is 9.78 Å². The second-order valence-corrected chi connectivity index (χ2v) is 9.90. The number of aliphatic carboxylic acids is 1. The Labute approximate surface area is 232 Å². The van der Waals surface area contributed by atoms with E-state index in [0.717, 1.165) is 27.5 Å². The summed E-state index contributed by atoms with van der Waals surface area (Å²) in [6.07, 6.45) is -0.771. The van der Waals surface area contributed by atoms with E-state index in [0.29, 0.717) is 24.0 Å². The number of rotatable bonds is 11. The van der Waals surface area contributed by atoms with E-state index >= 15 is 0 Å². The number of amides is 1. The molecule has 0 aliphatic carbocycles. The van der Waals surface area contributed by atoms with Gasteiger partial charge < -0.3 is 23.7 Å². The van der Waals surface area contributed by atoms with Gasteiger partial charge in [0.1, 0.15) is 29.6 Å². The van der Waals surface area contributed by atoms with E-state index in [1.54, 1.807) is 48.5 Å². The smallest absolute Gasteiger partial charge is 0.416 e. The minimum absolute atomic E-state index is 0.0491. The van der Waals surface area contributed by atoms with Gasteiger partial charge in [-0.2, -0.15) is 0 Å². The molecule has 208 valence electrons. The molecule has 0 saturated carbocycles. The Balaban J connectivity index is 1.38. The predicted octanol–water partition coefficient (Wildman–Crippen LogP) is 6.10. The number of nitrogens with zero attached hydrogens (tertiary/aromatic N) is 2. The molecule has 0 aliphatic rings. The lowest BCUT2D eigenvalue weighted by molar-refractivity contribution is -0.138. The molecular weight excluding hydrogens is 512 g/mol. The van der Waals surface area contributed by atoms with Gasteiger partial charge in [-0.1, -0.05) is 44.2 Å². The fourth-order valence-corrected chi connectivity index (χ4v) is 4.13. The number of carbonyl (C=O) groups excluding carboxylic acids is 1. The lowest BCUT2D eigenvalue weighted by atomic mass is 9.89. The molecule has 4 aromatic rings. The van der Waals surface area contributed by atoms with Crippen LogP contribution in [0.4, 0.5) is 4.79 Å². The number of methoxy groups -OCH3 is 1. The Hall–Kier alpha value is -4.79. The number of carbonyl (C=O) groups is 2. The molecule has 9 heteroatoms. The average molecular weight is 545 g/mol. The Bertz CT molecular complexity index is 1430. The van der Waals surface area contributed by atoms with E-state index in [9.17, 15) is 14.7 Å². The van der Waals surface area contributed by atoms with Gasteiger partial charge in [0, 0.05) is 17.5 Å². The maximum atomic E-state index is 12.7. The van der Waals surface area contributed by atoms with Crippen molar-refractivity contribution in [2.45, 2.75) is 32.7 Å². The number of aryl methyl sites for hydroxylation is 1. The van der Waals surface area contributed by atoms with Crippen molar-refractivity contribution in [2.24, 2.45) is 0 Å². The summed E-state index contributed by atoms with van der Waals surface area (Å²) >= 11 is 0. The van der Waals surface area contributed by atoms with Crippen LogP contribution in [0.3, 0.4) is 0 Å². The molecule has 1 aromatic heterocycles. The maximum absolute atomic E-state index is 12.7. The van der Waals surface area contributed by atoms with Crippen LogP contribution in [0.15, 0.2) is 83.3 Å². The predicted molar refractivity (Wildman–Crippen MR) is 149 cm³/mol. The first-order valence-electron chi connectivity index (χ1n) is 12.7. The zero-order valence-corrected chi connectivity index (χ0v) is 22.9. The second kappa shape index (κ2) is 12.4. The molecule has 9 nitrogen and oxygen atoms in total. The molecule has 0 bridgehead atoms. The lowest BCUT2D eigenvalue weighted by Gasteiger charge is -2.23. The van der Waals surface area contributed by atoms with Gasteiger partial charge in [0.05, 0.1) is 19.4 Å². The van der Waals surface area contributed by atoms with E-state index in [2.05, 4.69) is 0 Å². The van der Waals surface area contributed by atoms with E-state index in [1.807, 2.05) is 51.1 Å². The monoisotopic (exact) mass is 544 g/mol. The summed E-state index contributed by atoms with van der Waals surface area (Å²) in [5, 5.41) is 9.32. The number of carboxylic acids is 1. The lowest BCUT2D eigenvalue weighted by Crippen LogP contribution is -2.37. The first-order valence-corrected chi connectivity index (χ1v) is 12.7. The van der Waals surface area contributed by atoms with Crippen molar-refractivity contribution in [3.8, 4) is 28.7 Å². The van der Waals surface area contributed by atoms with Gasteiger partial charge in [0.2, 0.25) is 5.89 Å². The highest BCUT2D eigenvalue weighted by Crippen LogP contribution is 2.31. The normalized spacial score (nSPS) is 11.1. The maximum Gasteiger partial charge on any atom is 0.416 e. The Morgan fingerprint density at radius 1 is 0.925 bits per heavy atom. The van der Waals surface area contributed by atoms with E-state index in [4.69, 9.17) is 23.6 Å². The third-order valence-corrected chi connectivity index (χ3v) is 6.20. The number of aromatic nitrogens is 1. The minimum atomic E-state index is -1.15. The zero-order valence-electron chi connectivity index (χ0n) is 22.9. The largest absolute Gasteiger partial charge is 0.497 e. The number of ether oxygens (including phenoxy) is 3. The molecule has 1 heterocycles. The summed E-state index contributed by atoms with van der Waals surface area (Å²) in [4.78, 5) is 30.0. The van der Waals surface area contributed by atoms with Crippen molar-refractivity contribution >= 4 is 12.1 Å². The zero-order chi connectivity index (χ0) is 28.7. The van der Waals surface area contributed by atoms with Crippen molar-refractivity contribution in [2.75, 3.05) is 20.3 Å². The standard InChI is InChI=1S/C31H32N2O7/c1-21-28(32-29(39-21)23-8-6-5-7-9-23)31(2,3)20-38-25-12-10-22(11-13-25)18-33(19-27(34)35)30(36)40-26-16-14-24(37-4)15-17-26/h5-17H,18-20H2,1-4H3,(H,34,35). The molecule has 0 spiro atoms. The van der Waals surface area contributed by atoms with Crippen LogP contribution < -0.4 is 14.2 Å². The van der Waals surface area contributed by atoms with Crippen LogP contribution in [0.25, 0.3) is 11.5 Å². The Kier molecular flexibility index (Phi) is 8.73. The first-order chi connectivity index (χ1) is 19.1. The molecule has 1 amide bonds. The van der Waals surface area contributed by atoms with E-state index in [1.165, 1.54) is 7.11 Å². The van der Waals surface area contributed by atoms with Crippen molar-refractivity contribution in [1.29, 1.82) is 0 Å². The van der Waals surface area contributed by atoms with Gasteiger partial charge in [-0.15, -0.1) is 0 Å². The summed E-state index contributed by atoms with van der Waals surface area (Å²) in [5.74, 6) is 1.69. The molecule has 0 aliphatic heterocycles. The van der Waals surface area contributed by atoms with Crippen LogP contribution in [-0.4, -0.2) is 47.3 Å². The molecule has 0 atom stereocenters. The molecular formula is C31H32N2O7. The summed E-state index contributed by atoms with van der Waals surface area (Å²) in [7, 11) is 1.53. The summed E-state index contributed by atoms with van der Waals surface area (Å²) in [6, 6.07) is 23.3. The summed E-state index contributed by atoms with van der Waals surface area (Å²) in [6.45, 7) is 5.87. The van der Waals surface area contributed by atoms with Gasteiger partial charge in [-0.05, 0) is 61.0 Å². The topological polar surface area (TPSA) is 111 Å². The third-order valence-electron chi connectivity index (χ3n) is 6.20. The summed E-state index contributed by atoms with van der Waals surface area (Å²) < 4.78 is 22.5. The minimum Gasteiger partial charge on any atom is -0.497 e. The summed E-state index contributed by atoms with van der Waals surface area (Å²) in [5.41, 5.74) is 2.03. The van der Waals surface area contributed by atoms with E-state index in [-0.39, 0.29) is 12.3 Å². The third kappa shape index (κ3) is 7.19. The molecule has 1 N–H and O–H groups in total. The number of benzene rings is 3. The molecule has 4 rings (SSSR count). The van der Waals surface area contributed by atoms with Gasteiger partial charge in [0.25, 0.3) is 0 Å². The van der Waals surface area contributed by atoms with Crippen molar-refractivity contribution < 1.29 is 33.3 Å². The quantitative estimate of drug-likeness (QED) is 0.241. The van der Waals surface area contributed by atoms with Crippen LogP contribution >= 0.6 is 0 Å². The van der Waals surface area contributed by atoms with E-state index < -0.39 is 24.0 Å². The van der Waals surface area contributed by atoms with Crippen LogP contribution in [0.1, 0.15) is 30.9 Å². The molecule has 0 fully saturated rings. The fraction of sp³-hybridized carbons (Fsp3) is 0.258. The molecule has 0 saturated heterocycles. The number of hydrogen-bond donors (Lipinski definition) is 1. The van der Waals surface area contributed by atoms with Crippen molar-refractivity contribution in [1.82, 2.24) is 9.88 Å². The molecule has 0 unspecified atom stereocenters. The van der Waals surface area contributed by atoms with Crippen LogP contribution in [0, 0.1) is 6.92 Å². The number of hydrogen-bond acceptors (Lipinski definition) is 7. The molecule has 3 aromatic carbocycles. The highest BCUT2D eigenvalue weighted by molar-refractivity contribution is 5.78. The van der Waals surface area contributed by atoms with Crippen molar-refractivity contribution in [3.63, 3.8) is 0 Å². The Morgan fingerprint density at radius 2 is 1.55 bits per heavy atom. The highest BCUT2D eigenvalue weighted by Gasteiger charge is 2.29. The Morgan fingerprint density at radius 3 is 2.17 bits per heavy atom. The van der Waals surface area contributed by atoms with Crippen LogP contribution in [-0.2, 0) is 16.8 Å². The van der Waals surface area contributed by atoms with Crippen molar-refractivity contribution in [3.05, 3.63) is 95.9 Å². The number of oxazole rings is 1. The number of carboxylic acid groups (broad SMARTS) is 1. The second-order valence-electron chi connectivity index (χ2n) is 9.90. The van der Waals surface area contributed by atoms with Gasteiger partial charge in [0.15, 0.2) is 0 Å². The first kappa shape index (κ1) is 28.2. The molecule has 40 heavy (non-hydrogen) atoms. The fourth-order valence-electron chi connectivity index (χ4n) is 4.13. The van der Waals surface area contributed by atoms with Gasteiger partial charge in [-0.3, -0.25) is 9.69 Å². The van der Waals surface area contributed by atoms with Crippen LogP contribution in [0.5, 0.6) is 17.2 Å². The van der Waals surface area contributed by atoms with Gasteiger partial charge >= 0.3 is 12.1 Å². The average Bonchev–Trinajstić information content (AvgIpc) is 3.35. The highest BCUT2D eigenvalue weighted by atomic mass is 16.6.